The van der Waals surface area contributed by atoms with Gasteiger partial charge in [-0.25, -0.2) is 15.0 Å². The fourth-order valence-electron chi connectivity index (χ4n) is 3.56. The van der Waals surface area contributed by atoms with Crippen LogP contribution in [-0.2, 0) is 13.0 Å². The Balaban J connectivity index is 1.51. The summed E-state index contributed by atoms with van der Waals surface area (Å²) in [6.07, 6.45) is 2.18. The average Bonchev–Trinajstić information content (AvgIpc) is 3.15. The van der Waals surface area contributed by atoms with Crippen molar-refractivity contribution in [3.63, 3.8) is 0 Å². The average molecular weight is 404 g/mol. The lowest BCUT2D eigenvalue weighted by atomic mass is 10.00. The number of nitro groups is 1. The zero-order valence-corrected chi connectivity index (χ0v) is 16.1. The molecule has 0 amide bonds. The molecule has 2 aromatic carbocycles. The summed E-state index contributed by atoms with van der Waals surface area (Å²) in [5.41, 5.74) is 3.14. The maximum Gasteiger partial charge on any atom is 0.353 e. The molecule has 5 rings (SSSR count). The highest BCUT2D eigenvalue weighted by Gasteiger charge is 2.29. The summed E-state index contributed by atoms with van der Waals surface area (Å²) in [7, 11) is 0. The summed E-state index contributed by atoms with van der Waals surface area (Å²) in [4.78, 5) is 26.3. The summed E-state index contributed by atoms with van der Waals surface area (Å²) in [5.74, 6) is 0.473. The largest absolute Gasteiger partial charge is 0.353 e. The second-order valence-corrected chi connectivity index (χ2v) is 7.73. The molecule has 1 aliphatic rings. The maximum absolute atomic E-state index is 11.9. The number of anilines is 3. The van der Waals surface area contributed by atoms with E-state index in [4.69, 9.17) is 0 Å². The van der Waals surface area contributed by atoms with Gasteiger partial charge in [-0.1, -0.05) is 47.7 Å². The first-order valence-corrected chi connectivity index (χ1v) is 9.94. The molecule has 29 heavy (non-hydrogen) atoms. The molecular weight excluding hydrogens is 388 g/mol. The third kappa shape index (κ3) is 3.25. The topological polar surface area (TPSA) is 97.1 Å². The fourth-order valence-corrected chi connectivity index (χ4v) is 4.43. The summed E-state index contributed by atoms with van der Waals surface area (Å²) >= 11 is 1.43. The summed E-state index contributed by atoms with van der Waals surface area (Å²) in [6.45, 7) is 1.24. The van der Waals surface area contributed by atoms with E-state index in [1.165, 1.54) is 23.2 Å². The number of benzene rings is 2. The summed E-state index contributed by atoms with van der Waals surface area (Å²) in [6, 6.07) is 15.9. The van der Waals surface area contributed by atoms with E-state index in [0.717, 1.165) is 22.2 Å². The number of thiazole rings is 1. The second-order valence-electron chi connectivity index (χ2n) is 6.70. The van der Waals surface area contributed by atoms with Crippen LogP contribution in [-0.4, -0.2) is 26.4 Å². The molecule has 144 valence electrons. The molecule has 1 N–H and O–H groups in total. The Morgan fingerprint density at radius 1 is 1.07 bits per heavy atom. The predicted molar refractivity (Wildman–Crippen MR) is 113 cm³/mol. The van der Waals surface area contributed by atoms with Crippen molar-refractivity contribution < 1.29 is 4.92 Å². The summed E-state index contributed by atoms with van der Waals surface area (Å²) < 4.78 is 1.000. The van der Waals surface area contributed by atoms with Gasteiger partial charge in [-0.15, -0.1) is 0 Å². The Labute approximate surface area is 170 Å². The third-order valence-electron chi connectivity index (χ3n) is 4.93. The van der Waals surface area contributed by atoms with E-state index in [9.17, 15) is 10.1 Å². The van der Waals surface area contributed by atoms with E-state index >= 15 is 0 Å². The van der Waals surface area contributed by atoms with Gasteiger partial charge in [0.05, 0.1) is 15.1 Å². The van der Waals surface area contributed by atoms with Crippen LogP contribution in [0.2, 0.25) is 0 Å². The fraction of sp³-hybridized carbons (Fsp3) is 0.150. The Morgan fingerprint density at radius 2 is 1.86 bits per heavy atom. The van der Waals surface area contributed by atoms with Crippen molar-refractivity contribution in [3.8, 4) is 0 Å². The number of nitrogens with zero attached hydrogens (tertiary/aromatic N) is 5. The summed E-state index contributed by atoms with van der Waals surface area (Å²) in [5, 5.41) is 15.5. The van der Waals surface area contributed by atoms with E-state index in [1.807, 2.05) is 41.3 Å². The van der Waals surface area contributed by atoms with Crippen LogP contribution < -0.4 is 10.2 Å². The molecule has 4 aromatic rings. The van der Waals surface area contributed by atoms with Gasteiger partial charge in [0.1, 0.15) is 6.33 Å². The van der Waals surface area contributed by atoms with Crippen molar-refractivity contribution in [1.29, 1.82) is 0 Å². The SMILES string of the molecule is O=[N+]([O-])c1c(Nc2nc3ccccc3s2)ncnc1N1CCc2ccccc2C1. The number of rotatable bonds is 4. The van der Waals surface area contributed by atoms with Crippen molar-refractivity contribution >= 4 is 44.0 Å². The zero-order valence-electron chi connectivity index (χ0n) is 15.3. The Morgan fingerprint density at radius 3 is 2.69 bits per heavy atom. The molecule has 0 saturated heterocycles. The van der Waals surface area contributed by atoms with Gasteiger partial charge in [0, 0.05) is 13.1 Å². The normalized spacial score (nSPS) is 13.3. The smallest absolute Gasteiger partial charge is 0.346 e. The number of hydrogen-bond acceptors (Lipinski definition) is 8. The molecule has 9 heteroatoms. The molecule has 0 spiro atoms. The van der Waals surface area contributed by atoms with Gasteiger partial charge in [-0.2, -0.15) is 0 Å². The second kappa shape index (κ2) is 7.10. The lowest BCUT2D eigenvalue weighted by molar-refractivity contribution is -0.383. The van der Waals surface area contributed by atoms with Gasteiger partial charge in [0.25, 0.3) is 0 Å². The molecule has 0 atom stereocenters. The zero-order chi connectivity index (χ0) is 19.8. The van der Waals surface area contributed by atoms with Crippen LogP contribution in [0.25, 0.3) is 10.2 Å². The molecule has 3 heterocycles. The molecule has 2 aromatic heterocycles. The molecule has 0 fully saturated rings. The predicted octanol–water partition coefficient (Wildman–Crippen LogP) is 4.30. The molecule has 0 saturated carbocycles. The van der Waals surface area contributed by atoms with E-state index in [2.05, 4.69) is 32.4 Å². The standard InChI is InChI=1S/C20H16N6O2S/c27-26(28)17-18(24-20-23-15-7-3-4-8-16(15)29-20)21-12-22-19(17)25-10-9-13-5-1-2-6-14(13)11-25/h1-8,12H,9-11H2,(H,21,22,23,24). The van der Waals surface area contributed by atoms with Crippen LogP contribution in [0.4, 0.5) is 22.5 Å². The maximum atomic E-state index is 11.9. The van der Waals surface area contributed by atoms with Crippen molar-refractivity contribution in [2.75, 3.05) is 16.8 Å². The first kappa shape index (κ1) is 17.5. The minimum atomic E-state index is -0.425. The molecule has 8 nitrogen and oxygen atoms in total. The van der Waals surface area contributed by atoms with Gasteiger partial charge in [-0.3, -0.25) is 10.1 Å². The molecule has 0 aliphatic carbocycles. The first-order valence-electron chi connectivity index (χ1n) is 9.13. The number of para-hydroxylation sites is 1. The van der Waals surface area contributed by atoms with Crippen LogP contribution >= 0.6 is 11.3 Å². The van der Waals surface area contributed by atoms with Crippen LogP contribution in [0.5, 0.6) is 0 Å². The van der Waals surface area contributed by atoms with Crippen LogP contribution in [0.15, 0.2) is 54.9 Å². The highest BCUT2D eigenvalue weighted by Crippen LogP contribution is 2.37. The minimum absolute atomic E-state index is 0.133. The Hall–Kier alpha value is -3.59. The lowest BCUT2D eigenvalue weighted by Crippen LogP contribution is -2.31. The Kier molecular flexibility index (Phi) is 4.28. The van der Waals surface area contributed by atoms with Crippen LogP contribution in [0.3, 0.4) is 0 Å². The molecule has 0 bridgehead atoms. The first-order chi connectivity index (χ1) is 14.2. The lowest BCUT2D eigenvalue weighted by Gasteiger charge is -2.29. The van der Waals surface area contributed by atoms with E-state index in [1.54, 1.807) is 0 Å². The Bertz CT molecular complexity index is 1190. The van der Waals surface area contributed by atoms with Gasteiger partial charge < -0.3 is 10.2 Å². The van der Waals surface area contributed by atoms with Crippen molar-refractivity contribution in [1.82, 2.24) is 15.0 Å². The van der Waals surface area contributed by atoms with Crippen molar-refractivity contribution in [2.24, 2.45) is 0 Å². The number of fused-ring (bicyclic) bond motifs is 2. The van der Waals surface area contributed by atoms with Gasteiger partial charge in [0.2, 0.25) is 11.6 Å². The molecule has 1 aliphatic heterocycles. The number of nitrogens with one attached hydrogen (secondary N) is 1. The molecule has 0 unspecified atom stereocenters. The molecular formula is C20H16N6O2S. The number of aromatic nitrogens is 3. The van der Waals surface area contributed by atoms with Crippen molar-refractivity contribution in [3.05, 3.63) is 76.1 Å². The van der Waals surface area contributed by atoms with Gasteiger partial charge in [-0.05, 0) is 29.7 Å². The van der Waals surface area contributed by atoms with Crippen molar-refractivity contribution in [2.45, 2.75) is 13.0 Å². The highest BCUT2D eigenvalue weighted by atomic mass is 32.1. The minimum Gasteiger partial charge on any atom is -0.346 e. The van der Waals surface area contributed by atoms with Crippen LogP contribution in [0.1, 0.15) is 11.1 Å². The van der Waals surface area contributed by atoms with E-state index in [0.29, 0.717) is 24.0 Å². The van der Waals surface area contributed by atoms with Gasteiger partial charge in [0.15, 0.2) is 5.13 Å². The molecule has 0 radical (unpaired) electrons. The number of hydrogen-bond donors (Lipinski definition) is 1. The van der Waals surface area contributed by atoms with Gasteiger partial charge >= 0.3 is 5.69 Å². The van der Waals surface area contributed by atoms with Crippen LogP contribution in [0, 0.1) is 10.1 Å². The van der Waals surface area contributed by atoms with E-state index in [-0.39, 0.29) is 11.5 Å². The monoisotopic (exact) mass is 404 g/mol. The van der Waals surface area contributed by atoms with E-state index < -0.39 is 4.92 Å². The quantitative estimate of drug-likeness (QED) is 0.400. The third-order valence-corrected chi connectivity index (χ3v) is 5.89. The highest BCUT2D eigenvalue weighted by molar-refractivity contribution is 7.22.